The number of amides is 2. The molecule has 0 atom stereocenters. The standard InChI is InChI=1S/C24H20ClN3O5S/c25-15-5-1-6-16(13-15)28(11-4-10-26)20(29)14-33-24(31)21-17-7-2-9-19(17)34-23(21)27-22(30)18-8-3-12-32-18/h1,3,5-6,8,12-13H,2,4,7,9,11,14H2,(H,27,30). The van der Waals surface area contributed by atoms with E-state index >= 15 is 0 Å². The van der Waals surface area contributed by atoms with Crippen molar-refractivity contribution in [2.75, 3.05) is 23.4 Å². The van der Waals surface area contributed by atoms with Crippen molar-refractivity contribution >= 4 is 51.4 Å². The lowest BCUT2D eigenvalue weighted by Gasteiger charge is -2.22. The summed E-state index contributed by atoms with van der Waals surface area (Å²) in [5, 5.41) is 12.5. The Hall–Kier alpha value is -3.61. The minimum absolute atomic E-state index is 0.104. The van der Waals surface area contributed by atoms with Gasteiger partial charge >= 0.3 is 5.97 Å². The summed E-state index contributed by atoms with van der Waals surface area (Å²) in [6, 6.07) is 11.8. The van der Waals surface area contributed by atoms with Crippen molar-refractivity contribution in [3.05, 3.63) is 69.4 Å². The van der Waals surface area contributed by atoms with Crippen molar-refractivity contribution in [2.45, 2.75) is 25.7 Å². The van der Waals surface area contributed by atoms with Gasteiger partial charge in [0.1, 0.15) is 5.00 Å². The molecule has 2 heterocycles. The number of aryl methyl sites for hydroxylation is 1. The Morgan fingerprint density at radius 3 is 2.82 bits per heavy atom. The van der Waals surface area contributed by atoms with Gasteiger partial charge in [-0.2, -0.15) is 5.26 Å². The van der Waals surface area contributed by atoms with E-state index in [-0.39, 0.29) is 24.3 Å². The van der Waals surface area contributed by atoms with Crippen LogP contribution >= 0.6 is 22.9 Å². The van der Waals surface area contributed by atoms with Crippen LogP contribution in [0.25, 0.3) is 0 Å². The van der Waals surface area contributed by atoms with Crippen molar-refractivity contribution in [1.29, 1.82) is 5.26 Å². The van der Waals surface area contributed by atoms with Gasteiger partial charge in [-0.3, -0.25) is 9.59 Å². The van der Waals surface area contributed by atoms with Crippen LogP contribution in [-0.4, -0.2) is 30.9 Å². The third-order valence-electron chi connectivity index (χ3n) is 5.29. The Morgan fingerprint density at radius 2 is 2.09 bits per heavy atom. The number of furan rings is 1. The zero-order chi connectivity index (χ0) is 24.1. The molecule has 0 unspecified atom stereocenters. The van der Waals surface area contributed by atoms with Crippen LogP contribution in [0.3, 0.4) is 0 Å². The van der Waals surface area contributed by atoms with E-state index in [4.69, 9.17) is 26.0 Å². The summed E-state index contributed by atoms with van der Waals surface area (Å²) in [5.74, 6) is -1.52. The summed E-state index contributed by atoms with van der Waals surface area (Å²) in [6.45, 7) is -0.390. The number of benzene rings is 1. The van der Waals surface area contributed by atoms with E-state index in [1.54, 1.807) is 30.3 Å². The van der Waals surface area contributed by atoms with Gasteiger partial charge in [0, 0.05) is 22.1 Å². The quantitative estimate of drug-likeness (QED) is 0.445. The predicted molar refractivity (Wildman–Crippen MR) is 127 cm³/mol. The fraction of sp³-hybridized carbons (Fsp3) is 0.250. The first-order valence-electron chi connectivity index (χ1n) is 10.6. The molecule has 0 bridgehead atoms. The van der Waals surface area contributed by atoms with E-state index in [1.807, 2.05) is 6.07 Å². The normalized spacial score (nSPS) is 12.0. The topological polar surface area (TPSA) is 113 Å². The van der Waals surface area contributed by atoms with E-state index in [0.29, 0.717) is 22.1 Å². The number of halogens is 1. The highest BCUT2D eigenvalue weighted by Gasteiger charge is 2.30. The number of fused-ring (bicyclic) bond motifs is 1. The van der Waals surface area contributed by atoms with Crippen molar-refractivity contribution in [1.82, 2.24) is 0 Å². The van der Waals surface area contributed by atoms with Gasteiger partial charge in [0.05, 0.1) is 24.3 Å². The summed E-state index contributed by atoms with van der Waals surface area (Å²) < 4.78 is 10.5. The Kier molecular flexibility index (Phi) is 7.30. The number of nitrogens with one attached hydrogen (secondary N) is 1. The molecule has 0 fully saturated rings. The van der Waals surface area contributed by atoms with E-state index in [0.717, 1.165) is 23.3 Å². The molecule has 0 spiro atoms. The summed E-state index contributed by atoms with van der Waals surface area (Å²) in [4.78, 5) is 40.8. The molecule has 8 nitrogen and oxygen atoms in total. The molecule has 1 aliphatic carbocycles. The molecular formula is C24H20ClN3O5S. The second-order valence-electron chi connectivity index (χ2n) is 7.50. The molecule has 10 heteroatoms. The maximum absolute atomic E-state index is 13.1. The Morgan fingerprint density at radius 1 is 1.24 bits per heavy atom. The van der Waals surface area contributed by atoms with Crippen LogP contribution < -0.4 is 10.2 Å². The lowest BCUT2D eigenvalue weighted by Crippen LogP contribution is -2.35. The first-order chi connectivity index (χ1) is 16.5. The Balaban J connectivity index is 1.50. The van der Waals surface area contributed by atoms with Crippen LogP contribution in [0.2, 0.25) is 5.02 Å². The molecule has 1 N–H and O–H groups in total. The van der Waals surface area contributed by atoms with Crippen LogP contribution in [0.15, 0.2) is 47.1 Å². The van der Waals surface area contributed by atoms with E-state index in [2.05, 4.69) is 5.32 Å². The zero-order valence-corrected chi connectivity index (χ0v) is 19.6. The van der Waals surface area contributed by atoms with Crippen LogP contribution in [-0.2, 0) is 22.4 Å². The van der Waals surface area contributed by atoms with Gasteiger partial charge in [-0.05, 0) is 55.2 Å². The molecule has 1 aromatic carbocycles. The van der Waals surface area contributed by atoms with Gasteiger partial charge in [0.25, 0.3) is 11.8 Å². The van der Waals surface area contributed by atoms with Crippen molar-refractivity contribution < 1.29 is 23.5 Å². The predicted octanol–water partition coefficient (Wildman–Crippen LogP) is 4.84. The van der Waals surface area contributed by atoms with Crippen LogP contribution in [0.1, 0.15) is 44.2 Å². The summed E-state index contributed by atoms with van der Waals surface area (Å²) in [5.41, 5.74) is 1.62. The Bertz CT molecular complexity index is 1260. The molecular weight excluding hydrogens is 478 g/mol. The molecule has 0 radical (unpaired) electrons. The molecule has 1 aliphatic rings. The van der Waals surface area contributed by atoms with Crippen molar-refractivity contribution in [2.24, 2.45) is 0 Å². The molecule has 3 aromatic rings. The monoisotopic (exact) mass is 497 g/mol. The van der Waals surface area contributed by atoms with Gasteiger partial charge in [-0.15, -0.1) is 11.3 Å². The third-order valence-corrected chi connectivity index (χ3v) is 6.73. The molecule has 4 rings (SSSR count). The highest BCUT2D eigenvalue weighted by molar-refractivity contribution is 7.17. The maximum Gasteiger partial charge on any atom is 0.341 e. The summed E-state index contributed by atoms with van der Waals surface area (Å²) >= 11 is 7.38. The zero-order valence-electron chi connectivity index (χ0n) is 18.0. The van der Waals surface area contributed by atoms with Gasteiger partial charge in [0.2, 0.25) is 0 Å². The molecule has 0 saturated heterocycles. The molecule has 2 aromatic heterocycles. The minimum atomic E-state index is -0.686. The van der Waals surface area contributed by atoms with Crippen LogP contribution in [0.4, 0.5) is 10.7 Å². The third kappa shape index (κ3) is 5.14. The smallest absolute Gasteiger partial charge is 0.341 e. The first kappa shape index (κ1) is 23.5. The molecule has 2 amide bonds. The lowest BCUT2D eigenvalue weighted by atomic mass is 10.1. The van der Waals surface area contributed by atoms with Crippen molar-refractivity contribution in [3.8, 4) is 6.07 Å². The Labute approximate surface area is 204 Å². The number of nitriles is 1. The van der Waals surface area contributed by atoms with Crippen LogP contribution in [0, 0.1) is 11.3 Å². The fourth-order valence-electron chi connectivity index (χ4n) is 3.76. The van der Waals surface area contributed by atoms with Gasteiger partial charge in [-0.25, -0.2) is 4.79 Å². The number of nitrogens with zero attached hydrogens (tertiary/aromatic N) is 2. The summed E-state index contributed by atoms with van der Waals surface area (Å²) in [7, 11) is 0. The van der Waals surface area contributed by atoms with Gasteiger partial charge in [0.15, 0.2) is 12.4 Å². The first-order valence-corrected chi connectivity index (χ1v) is 11.8. The average molecular weight is 498 g/mol. The number of hydrogen-bond acceptors (Lipinski definition) is 7. The number of anilines is 2. The molecule has 0 saturated carbocycles. The largest absolute Gasteiger partial charge is 0.459 e. The SMILES string of the molecule is N#CCCN(C(=O)COC(=O)c1c(NC(=O)c2ccco2)sc2c1CCC2)c1cccc(Cl)c1. The maximum atomic E-state index is 13.1. The van der Waals surface area contributed by atoms with E-state index < -0.39 is 24.4 Å². The average Bonchev–Trinajstić information content (AvgIpc) is 3.56. The second kappa shape index (κ2) is 10.5. The minimum Gasteiger partial charge on any atom is -0.459 e. The number of thiophene rings is 1. The van der Waals surface area contributed by atoms with E-state index in [1.165, 1.54) is 28.6 Å². The number of carbonyl (C=O) groups is 3. The number of esters is 1. The number of rotatable bonds is 8. The van der Waals surface area contributed by atoms with Gasteiger partial charge in [-0.1, -0.05) is 17.7 Å². The number of ether oxygens (including phenoxy) is 1. The lowest BCUT2D eigenvalue weighted by molar-refractivity contribution is -0.121. The fourth-order valence-corrected chi connectivity index (χ4v) is 5.22. The van der Waals surface area contributed by atoms with E-state index in [9.17, 15) is 14.4 Å². The number of carbonyl (C=O) groups excluding carboxylic acids is 3. The highest BCUT2D eigenvalue weighted by Crippen LogP contribution is 2.39. The molecule has 174 valence electrons. The molecule has 34 heavy (non-hydrogen) atoms. The summed E-state index contributed by atoms with van der Waals surface area (Å²) in [6.07, 6.45) is 3.91. The number of hydrogen-bond donors (Lipinski definition) is 1. The highest BCUT2D eigenvalue weighted by atomic mass is 35.5. The second-order valence-corrected chi connectivity index (χ2v) is 9.04. The van der Waals surface area contributed by atoms with Gasteiger partial charge < -0.3 is 19.4 Å². The van der Waals surface area contributed by atoms with Crippen LogP contribution in [0.5, 0.6) is 0 Å². The van der Waals surface area contributed by atoms with Crippen molar-refractivity contribution in [3.63, 3.8) is 0 Å². The molecule has 0 aliphatic heterocycles.